The van der Waals surface area contributed by atoms with Gasteiger partial charge >= 0.3 is 0 Å². The van der Waals surface area contributed by atoms with Gasteiger partial charge in [0.1, 0.15) is 0 Å². The molecule has 1 unspecified atom stereocenters. The number of nitrogens with one attached hydrogen (secondary N) is 2. The Kier molecular flexibility index (Phi) is 6.76. The highest BCUT2D eigenvalue weighted by Gasteiger charge is 2.16. The van der Waals surface area contributed by atoms with Gasteiger partial charge in [0.05, 0.1) is 0 Å². The highest BCUT2D eigenvalue weighted by atomic mass is 35.5. The highest BCUT2D eigenvalue weighted by Crippen LogP contribution is 2.08. The van der Waals surface area contributed by atoms with Gasteiger partial charge in [-0.2, -0.15) is 0 Å². The van der Waals surface area contributed by atoms with Crippen molar-refractivity contribution < 1.29 is 4.79 Å². The van der Waals surface area contributed by atoms with Gasteiger partial charge in [-0.1, -0.05) is 30.3 Å². The third-order valence-corrected chi connectivity index (χ3v) is 3.17. The minimum absolute atomic E-state index is 0. The van der Waals surface area contributed by atoms with Crippen LogP contribution in [-0.2, 0) is 11.2 Å². The SMILES string of the molecule is Cl.O=C(CC1CCCN1)NCCc1ccccc1. The van der Waals surface area contributed by atoms with Gasteiger partial charge < -0.3 is 10.6 Å². The second-order valence-corrected chi connectivity index (χ2v) is 4.58. The largest absolute Gasteiger partial charge is 0.356 e. The van der Waals surface area contributed by atoms with Gasteiger partial charge in [-0.05, 0) is 31.4 Å². The van der Waals surface area contributed by atoms with E-state index in [9.17, 15) is 4.79 Å². The molecule has 1 atom stereocenters. The van der Waals surface area contributed by atoms with Gasteiger partial charge in [0.2, 0.25) is 5.91 Å². The zero-order valence-electron chi connectivity index (χ0n) is 10.5. The first-order valence-corrected chi connectivity index (χ1v) is 6.38. The van der Waals surface area contributed by atoms with Crippen LogP contribution < -0.4 is 10.6 Å². The molecular formula is C14H21ClN2O. The van der Waals surface area contributed by atoms with Gasteiger partial charge in [0.15, 0.2) is 0 Å². The second kappa shape index (κ2) is 8.11. The third kappa shape index (κ3) is 5.07. The molecule has 1 aliphatic rings. The summed E-state index contributed by atoms with van der Waals surface area (Å²) in [6.07, 6.45) is 3.85. The van der Waals surface area contributed by atoms with Crippen molar-refractivity contribution in [1.29, 1.82) is 0 Å². The number of carbonyl (C=O) groups is 1. The molecule has 0 bridgehead atoms. The second-order valence-electron chi connectivity index (χ2n) is 4.58. The summed E-state index contributed by atoms with van der Waals surface area (Å²) >= 11 is 0. The summed E-state index contributed by atoms with van der Waals surface area (Å²) < 4.78 is 0. The first-order chi connectivity index (χ1) is 8.34. The predicted molar refractivity (Wildman–Crippen MR) is 76.0 cm³/mol. The molecule has 100 valence electrons. The van der Waals surface area contributed by atoms with E-state index >= 15 is 0 Å². The van der Waals surface area contributed by atoms with Crippen LogP contribution in [0.25, 0.3) is 0 Å². The quantitative estimate of drug-likeness (QED) is 0.857. The van der Waals surface area contributed by atoms with Crippen LogP contribution in [-0.4, -0.2) is 25.0 Å². The van der Waals surface area contributed by atoms with Crippen molar-refractivity contribution in [3.63, 3.8) is 0 Å². The van der Waals surface area contributed by atoms with E-state index in [1.807, 2.05) is 18.2 Å². The summed E-state index contributed by atoms with van der Waals surface area (Å²) in [7, 11) is 0. The molecule has 0 saturated carbocycles. The fourth-order valence-electron chi connectivity index (χ4n) is 2.22. The molecule has 1 aromatic rings. The van der Waals surface area contributed by atoms with Gasteiger partial charge in [0.25, 0.3) is 0 Å². The minimum atomic E-state index is 0. The van der Waals surface area contributed by atoms with Gasteiger partial charge in [-0.15, -0.1) is 12.4 Å². The number of hydrogen-bond donors (Lipinski definition) is 2. The van der Waals surface area contributed by atoms with E-state index in [1.54, 1.807) is 0 Å². The summed E-state index contributed by atoms with van der Waals surface area (Å²) in [5, 5.41) is 6.31. The van der Waals surface area contributed by atoms with Crippen LogP contribution in [0.2, 0.25) is 0 Å². The molecule has 1 heterocycles. The van der Waals surface area contributed by atoms with Crippen molar-refractivity contribution in [2.45, 2.75) is 31.7 Å². The van der Waals surface area contributed by atoms with Gasteiger partial charge in [-0.3, -0.25) is 4.79 Å². The summed E-state index contributed by atoms with van der Waals surface area (Å²) in [5.74, 6) is 0.167. The molecule has 1 aliphatic heterocycles. The van der Waals surface area contributed by atoms with Crippen molar-refractivity contribution in [2.75, 3.05) is 13.1 Å². The van der Waals surface area contributed by atoms with Crippen LogP contribution in [0.5, 0.6) is 0 Å². The lowest BCUT2D eigenvalue weighted by Crippen LogP contribution is -2.32. The van der Waals surface area contributed by atoms with Crippen molar-refractivity contribution >= 4 is 18.3 Å². The number of rotatable bonds is 5. The van der Waals surface area contributed by atoms with Crippen LogP contribution in [0, 0.1) is 0 Å². The van der Waals surface area contributed by atoms with Crippen LogP contribution in [0.4, 0.5) is 0 Å². The molecule has 18 heavy (non-hydrogen) atoms. The molecule has 1 amide bonds. The molecule has 0 aliphatic carbocycles. The summed E-state index contributed by atoms with van der Waals surface area (Å²) in [4.78, 5) is 11.6. The van der Waals surface area contributed by atoms with Gasteiger partial charge in [0, 0.05) is 19.0 Å². The Bertz CT molecular complexity index is 350. The average Bonchev–Trinajstić information content (AvgIpc) is 2.83. The van der Waals surface area contributed by atoms with E-state index in [4.69, 9.17) is 0 Å². The molecule has 0 aromatic heterocycles. The summed E-state index contributed by atoms with van der Waals surface area (Å²) in [6, 6.07) is 10.6. The normalized spacial score (nSPS) is 18.1. The zero-order valence-corrected chi connectivity index (χ0v) is 11.3. The monoisotopic (exact) mass is 268 g/mol. The standard InChI is InChI=1S/C14H20N2O.ClH/c17-14(11-13-7-4-9-15-13)16-10-8-12-5-2-1-3-6-12;/h1-3,5-6,13,15H,4,7-11H2,(H,16,17);1H. The number of hydrogen-bond acceptors (Lipinski definition) is 2. The maximum Gasteiger partial charge on any atom is 0.221 e. The zero-order chi connectivity index (χ0) is 11.9. The number of amides is 1. The molecular weight excluding hydrogens is 248 g/mol. The number of carbonyl (C=O) groups excluding carboxylic acids is 1. The van der Waals surface area contributed by atoms with Crippen molar-refractivity contribution in [3.8, 4) is 0 Å². The Morgan fingerprint density at radius 1 is 1.33 bits per heavy atom. The third-order valence-electron chi connectivity index (χ3n) is 3.17. The first-order valence-electron chi connectivity index (χ1n) is 6.38. The molecule has 2 rings (SSSR count). The van der Waals surface area contributed by atoms with Crippen LogP contribution in [0.3, 0.4) is 0 Å². The fraction of sp³-hybridized carbons (Fsp3) is 0.500. The fourth-order valence-corrected chi connectivity index (χ4v) is 2.22. The maximum absolute atomic E-state index is 11.6. The van der Waals surface area contributed by atoms with Crippen molar-refractivity contribution in [2.24, 2.45) is 0 Å². The highest BCUT2D eigenvalue weighted by molar-refractivity contribution is 5.85. The van der Waals surface area contributed by atoms with E-state index in [2.05, 4.69) is 22.8 Å². The molecule has 0 radical (unpaired) electrons. The first kappa shape index (κ1) is 15.0. The molecule has 2 N–H and O–H groups in total. The minimum Gasteiger partial charge on any atom is -0.356 e. The molecule has 1 saturated heterocycles. The Morgan fingerprint density at radius 2 is 2.11 bits per heavy atom. The Hall–Kier alpha value is -1.06. The lowest BCUT2D eigenvalue weighted by atomic mass is 10.1. The lowest BCUT2D eigenvalue weighted by Gasteiger charge is -2.10. The molecule has 1 aromatic carbocycles. The summed E-state index contributed by atoms with van der Waals surface area (Å²) in [5.41, 5.74) is 1.27. The van der Waals surface area contributed by atoms with E-state index in [1.165, 1.54) is 12.0 Å². The molecule has 1 fully saturated rings. The number of benzene rings is 1. The van der Waals surface area contributed by atoms with Crippen LogP contribution in [0.15, 0.2) is 30.3 Å². The Labute approximate surface area is 115 Å². The topological polar surface area (TPSA) is 41.1 Å². The molecule has 3 nitrogen and oxygen atoms in total. The predicted octanol–water partition coefficient (Wildman–Crippen LogP) is 1.91. The van der Waals surface area contributed by atoms with E-state index in [-0.39, 0.29) is 18.3 Å². The van der Waals surface area contributed by atoms with Crippen molar-refractivity contribution in [1.82, 2.24) is 10.6 Å². The number of halogens is 1. The lowest BCUT2D eigenvalue weighted by molar-refractivity contribution is -0.121. The van der Waals surface area contributed by atoms with E-state index < -0.39 is 0 Å². The molecule has 4 heteroatoms. The summed E-state index contributed by atoms with van der Waals surface area (Å²) in [6.45, 7) is 1.79. The molecule has 0 spiro atoms. The maximum atomic E-state index is 11.6. The smallest absolute Gasteiger partial charge is 0.221 e. The van der Waals surface area contributed by atoms with E-state index in [0.717, 1.165) is 25.9 Å². The van der Waals surface area contributed by atoms with Crippen molar-refractivity contribution in [3.05, 3.63) is 35.9 Å². The van der Waals surface area contributed by atoms with E-state index in [0.29, 0.717) is 12.5 Å². The Balaban J connectivity index is 0.00000162. The van der Waals surface area contributed by atoms with Crippen LogP contribution in [0.1, 0.15) is 24.8 Å². The average molecular weight is 269 g/mol. The Morgan fingerprint density at radius 3 is 2.78 bits per heavy atom. The van der Waals surface area contributed by atoms with Crippen LogP contribution >= 0.6 is 12.4 Å². The van der Waals surface area contributed by atoms with Gasteiger partial charge in [-0.25, -0.2) is 0 Å².